The van der Waals surface area contributed by atoms with E-state index >= 15 is 0 Å². The van der Waals surface area contributed by atoms with E-state index in [-0.39, 0.29) is 5.56 Å². The first-order valence-electron chi connectivity index (χ1n) is 12.8. The smallest absolute Gasteiger partial charge is 0.129 e. The van der Waals surface area contributed by atoms with Gasteiger partial charge in [0, 0.05) is 10.6 Å². The van der Waals surface area contributed by atoms with E-state index in [2.05, 4.69) is 31.2 Å². The SMILES string of the molecule is CCCc1ccc([C@H]2CC[C@H](CCc3cc(F)c(CCc4ccc(Cl)cc4)c(F)c3)CC2)cc1. The van der Waals surface area contributed by atoms with Crippen molar-refractivity contribution in [2.24, 2.45) is 5.92 Å². The molecule has 3 heteroatoms. The molecule has 1 aliphatic rings. The van der Waals surface area contributed by atoms with E-state index in [1.54, 1.807) is 12.1 Å². The number of hydrogen-bond acceptors (Lipinski definition) is 0. The van der Waals surface area contributed by atoms with Crippen LogP contribution in [0.5, 0.6) is 0 Å². The zero-order chi connectivity index (χ0) is 23.9. The van der Waals surface area contributed by atoms with Crippen molar-refractivity contribution in [2.45, 2.75) is 77.0 Å². The van der Waals surface area contributed by atoms with Crippen LogP contribution < -0.4 is 0 Å². The maximum Gasteiger partial charge on any atom is 0.129 e. The van der Waals surface area contributed by atoms with Crippen LogP contribution in [0, 0.1) is 17.6 Å². The monoisotopic (exact) mass is 480 g/mol. The Morgan fingerprint density at radius 1 is 0.706 bits per heavy atom. The number of benzene rings is 3. The van der Waals surface area contributed by atoms with Crippen molar-refractivity contribution in [1.29, 1.82) is 0 Å². The molecule has 0 nitrogen and oxygen atoms in total. The van der Waals surface area contributed by atoms with Crippen LogP contribution in [0.1, 0.15) is 79.2 Å². The summed E-state index contributed by atoms with van der Waals surface area (Å²) in [5.41, 5.74) is 4.88. The van der Waals surface area contributed by atoms with Crippen LogP contribution >= 0.6 is 11.6 Å². The maximum atomic E-state index is 14.7. The summed E-state index contributed by atoms with van der Waals surface area (Å²) < 4.78 is 29.4. The van der Waals surface area contributed by atoms with Crippen molar-refractivity contribution in [1.82, 2.24) is 0 Å². The quantitative estimate of drug-likeness (QED) is 0.286. The Labute approximate surface area is 208 Å². The van der Waals surface area contributed by atoms with Crippen LogP contribution in [0.4, 0.5) is 8.78 Å². The molecule has 0 heterocycles. The van der Waals surface area contributed by atoms with Gasteiger partial charge in [0.1, 0.15) is 11.6 Å². The minimum Gasteiger partial charge on any atom is -0.207 e. The highest BCUT2D eigenvalue weighted by Gasteiger charge is 2.22. The van der Waals surface area contributed by atoms with E-state index in [1.165, 1.54) is 43.2 Å². The second-order valence-corrected chi connectivity index (χ2v) is 10.3. The summed E-state index contributed by atoms with van der Waals surface area (Å²) in [6.45, 7) is 2.22. The lowest BCUT2D eigenvalue weighted by Crippen LogP contribution is -2.14. The van der Waals surface area contributed by atoms with Crippen LogP contribution in [0.25, 0.3) is 0 Å². The van der Waals surface area contributed by atoms with E-state index in [9.17, 15) is 8.78 Å². The van der Waals surface area contributed by atoms with Crippen molar-refractivity contribution in [3.63, 3.8) is 0 Å². The van der Waals surface area contributed by atoms with Crippen molar-refractivity contribution in [2.75, 3.05) is 0 Å². The standard InChI is InChI=1S/C31H35ClF2/c1-2-3-22-6-13-26(14-7-22)27-15-8-23(9-16-27)4-5-25-20-30(33)29(31(34)21-25)19-12-24-10-17-28(32)18-11-24/h6-7,10-11,13-14,17-18,20-21,23,27H,2-5,8-9,12,15-16,19H2,1H3/t23-,27-. The van der Waals surface area contributed by atoms with Crippen molar-refractivity contribution < 1.29 is 8.78 Å². The lowest BCUT2D eigenvalue weighted by atomic mass is 9.76. The average Bonchev–Trinajstić information content (AvgIpc) is 2.84. The van der Waals surface area contributed by atoms with Crippen LogP contribution in [0.15, 0.2) is 60.7 Å². The number of rotatable bonds is 9. The Hall–Kier alpha value is -2.19. The summed E-state index contributed by atoms with van der Waals surface area (Å²) in [6.07, 6.45) is 9.85. The molecule has 0 amide bonds. The predicted molar refractivity (Wildman–Crippen MR) is 139 cm³/mol. The largest absolute Gasteiger partial charge is 0.207 e. The van der Waals surface area contributed by atoms with Gasteiger partial charge in [0.05, 0.1) is 0 Å². The molecule has 0 bridgehead atoms. The van der Waals surface area contributed by atoms with Gasteiger partial charge in [-0.2, -0.15) is 0 Å². The highest BCUT2D eigenvalue weighted by atomic mass is 35.5. The van der Waals surface area contributed by atoms with Crippen molar-refractivity contribution in [3.05, 3.63) is 105 Å². The minimum atomic E-state index is -0.417. The molecule has 3 aromatic rings. The molecule has 0 aromatic heterocycles. The molecule has 0 N–H and O–H groups in total. The Kier molecular flexibility index (Phi) is 8.78. The molecule has 0 unspecified atom stereocenters. The van der Waals surface area contributed by atoms with Crippen LogP contribution in [-0.2, 0) is 25.7 Å². The molecule has 0 radical (unpaired) electrons. The van der Waals surface area contributed by atoms with E-state index in [0.29, 0.717) is 29.7 Å². The zero-order valence-corrected chi connectivity index (χ0v) is 20.9. The van der Waals surface area contributed by atoms with Gasteiger partial charge < -0.3 is 0 Å². The van der Waals surface area contributed by atoms with Crippen LogP contribution in [0.2, 0.25) is 5.02 Å². The highest BCUT2D eigenvalue weighted by Crippen LogP contribution is 2.37. The van der Waals surface area contributed by atoms with Crippen molar-refractivity contribution >= 4 is 11.6 Å². The fourth-order valence-electron chi connectivity index (χ4n) is 5.36. The molecular formula is C31H35ClF2. The first-order valence-corrected chi connectivity index (χ1v) is 13.2. The van der Waals surface area contributed by atoms with Gasteiger partial charge in [0.15, 0.2) is 0 Å². The fraction of sp³-hybridized carbons (Fsp3) is 0.419. The molecule has 1 fully saturated rings. The lowest BCUT2D eigenvalue weighted by Gasteiger charge is -2.29. The third kappa shape index (κ3) is 6.69. The third-order valence-electron chi connectivity index (χ3n) is 7.46. The normalized spacial score (nSPS) is 18.2. The Balaban J connectivity index is 1.26. The summed E-state index contributed by atoms with van der Waals surface area (Å²) in [4.78, 5) is 0. The second-order valence-electron chi connectivity index (χ2n) is 9.91. The Morgan fingerprint density at radius 2 is 1.29 bits per heavy atom. The van der Waals surface area contributed by atoms with Crippen molar-refractivity contribution in [3.8, 4) is 0 Å². The minimum absolute atomic E-state index is 0.184. The molecule has 3 aromatic carbocycles. The van der Waals surface area contributed by atoms with Gasteiger partial charge in [-0.05, 0) is 116 Å². The lowest BCUT2D eigenvalue weighted by molar-refractivity contribution is 0.310. The van der Waals surface area contributed by atoms with Gasteiger partial charge in [-0.25, -0.2) is 8.78 Å². The summed E-state index contributed by atoms with van der Waals surface area (Å²) in [6, 6.07) is 19.7. The van der Waals surface area contributed by atoms with E-state index < -0.39 is 11.6 Å². The van der Waals surface area contributed by atoms with E-state index in [1.807, 2.05) is 24.3 Å². The zero-order valence-electron chi connectivity index (χ0n) is 20.1. The molecule has 1 aliphatic carbocycles. The number of halogens is 3. The summed E-state index contributed by atoms with van der Waals surface area (Å²) in [7, 11) is 0. The molecular weight excluding hydrogens is 446 g/mol. The topological polar surface area (TPSA) is 0 Å². The molecule has 0 spiro atoms. The van der Waals surface area contributed by atoms with Crippen LogP contribution in [-0.4, -0.2) is 0 Å². The first-order chi connectivity index (χ1) is 16.5. The van der Waals surface area contributed by atoms with Gasteiger partial charge in [-0.3, -0.25) is 0 Å². The highest BCUT2D eigenvalue weighted by molar-refractivity contribution is 6.30. The van der Waals surface area contributed by atoms with Gasteiger partial charge in [-0.1, -0.05) is 61.3 Å². The third-order valence-corrected chi connectivity index (χ3v) is 7.71. The maximum absolute atomic E-state index is 14.7. The van der Waals surface area contributed by atoms with Crippen LogP contribution in [0.3, 0.4) is 0 Å². The second kappa shape index (κ2) is 12.0. The van der Waals surface area contributed by atoms with Gasteiger partial charge in [0.2, 0.25) is 0 Å². The Morgan fingerprint density at radius 3 is 1.91 bits per heavy atom. The molecule has 0 saturated heterocycles. The molecule has 180 valence electrons. The van der Waals surface area contributed by atoms with E-state index in [4.69, 9.17) is 11.6 Å². The molecule has 0 atom stereocenters. The number of aryl methyl sites for hydroxylation is 3. The Bertz CT molecular complexity index is 1020. The first kappa shape index (κ1) is 24.9. The summed E-state index contributed by atoms with van der Waals surface area (Å²) in [5, 5.41) is 0.667. The van der Waals surface area contributed by atoms with Gasteiger partial charge in [-0.15, -0.1) is 0 Å². The summed E-state index contributed by atoms with van der Waals surface area (Å²) in [5.74, 6) is 0.464. The molecule has 1 saturated carbocycles. The fourth-order valence-corrected chi connectivity index (χ4v) is 5.49. The number of hydrogen-bond donors (Lipinski definition) is 0. The van der Waals surface area contributed by atoms with Gasteiger partial charge in [0.25, 0.3) is 0 Å². The summed E-state index contributed by atoms with van der Waals surface area (Å²) >= 11 is 5.91. The van der Waals surface area contributed by atoms with E-state index in [0.717, 1.165) is 30.4 Å². The molecule has 34 heavy (non-hydrogen) atoms. The molecule has 0 aliphatic heterocycles. The molecule has 4 rings (SSSR count). The van der Waals surface area contributed by atoms with Gasteiger partial charge >= 0.3 is 0 Å². The predicted octanol–water partition coefficient (Wildman–Crippen LogP) is 9.26. The average molecular weight is 481 g/mol.